The summed E-state index contributed by atoms with van der Waals surface area (Å²) in [4.78, 5) is 0. The average molecular weight is 537 g/mol. The van der Waals surface area contributed by atoms with Crippen molar-refractivity contribution in [3.8, 4) is 23.7 Å². The van der Waals surface area contributed by atoms with Gasteiger partial charge in [-0.05, 0) is 132 Å². The third-order valence-electron chi connectivity index (χ3n) is 9.07. The molecule has 5 aliphatic carbocycles. The molecule has 0 N–H and O–H groups in total. The van der Waals surface area contributed by atoms with Gasteiger partial charge in [0.25, 0.3) is 0 Å². The van der Waals surface area contributed by atoms with Crippen LogP contribution in [0.2, 0.25) is 0 Å². The number of hydrogen-bond donors (Lipinski definition) is 3. The van der Waals surface area contributed by atoms with Crippen LogP contribution in [0.15, 0.2) is 78.1 Å². The molecule has 4 fully saturated rings. The lowest BCUT2D eigenvalue weighted by atomic mass is 9.35. The standard InChI is InChI=1S/C34H32S3/c35-23-31-17-32(24-36)19-33(18-31,25-37)22-34(20-31,21-32)30-15-13-29(14-16-30)12-11-28-9-7-27(8-10-28)6-5-26-3-1-2-4-26/h1-3,7-10,13-16,35-37H,17-25H2. The monoisotopic (exact) mass is 536 g/mol. The van der Waals surface area contributed by atoms with Crippen molar-refractivity contribution in [1.82, 2.24) is 0 Å². The Kier molecular flexibility index (Phi) is 6.50. The Hall–Kier alpha value is -2.13. The molecule has 0 unspecified atom stereocenters. The number of allylic oxidation sites excluding steroid dienone is 3. The van der Waals surface area contributed by atoms with Gasteiger partial charge < -0.3 is 0 Å². The van der Waals surface area contributed by atoms with Crippen LogP contribution >= 0.6 is 37.9 Å². The van der Waals surface area contributed by atoms with E-state index in [4.69, 9.17) is 37.9 Å². The van der Waals surface area contributed by atoms with Crippen LogP contribution in [0.4, 0.5) is 0 Å². The Morgan fingerprint density at radius 2 is 1.03 bits per heavy atom. The summed E-state index contributed by atoms with van der Waals surface area (Å²) < 4.78 is 0. The Bertz CT molecular complexity index is 1370. The lowest BCUT2D eigenvalue weighted by Gasteiger charge is -2.71. The summed E-state index contributed by atoms with van der Waals surface area (Å²) in [6.07, 6.45) is 13.4. The topological polar surface area (TPSA) is 0 Å². The van der Waals surface area contributed by atoms with Gasteiger partial charge in [-0.2, -0.15) is 37.9 Å². The molecule has 0 radical (unpaired) electrons. The lowest BCUT2D eigenvalue weighted by Crippen LogP contribution is -2.64. The van der Waals surface area contributed by atoms with Crippen molar-refractivity contribution in [1.29, 1.82) is 0 Å². The zero-order chi connectivity index (χ0) is 25.6. The van der Waals surface area contributed by atoms with Gasteiger partial charge >= 0.3 is 0 Å². The minimum absolute atomic E-state index is 0.214. The highest BCUT2D eigenvalue weighted by Crippen LogP contribution is 2.74. The first kappa shape index (κ1) is 25.2. The van der Waals surface area contributed by atoms with E-state index in [-0.39, 0.29) is 5.41 Å². The molecule has 0 aliphatic heterocycles. The molecule has 0 aromatic heterocycles. The van der Waals surface area contributed by atoms with Crippen molar-refractivity contribution < 1.29 is 0 Å². The normalized spacial score (nSPS) is 32.5. The van der Waals surface area contributed by atoms with Crippen LogP contribution in [0.1, 0.15) is 60.8 Å². The smallest absolute Gasteiger partial charge is 0.0667 e. The molecule has 186 valence electrons. The van der Waals surface area contributed by atoms with E-state index >= 15 is 0 Å². The van der Waals surface area contributed by atoms with Gasteiger partial charge in [0.2, 0.25) is 0 Å². The summed E-state index contributed by atoms with van der Waals surface area (Å²) in [6.45, 7) is 0. The maximum atomic E-state index is 4.90. The predicted octanol–water partition coefficient (Wildman–Crippen LogP) is 7.46. The first-order chi connectivity index (χ1) is 17.9. The van der Waals surface area contributed by atoms with Gasteiger partial charge in [-0.1, -0.05) is 41.9 Å². The van der Waals surface area contributed by atoms with Crippen LogP contribution in [0.25, 0.3) is 0 Å². The Balaban J connectivity index is 1.22. The molecule has 2 aromatic rings. The fraction of sp³-hybridized carbons (Fsp3) is 0.382. The largest absolute Gasteiger partial charge is 0.179 e. The van der Waals surface area contributed by atoms with Gasteiger partial charge in [0.1, 0.15) is 0 Å². The second-order valence-electron chi connectivity index (χ2n) is 12.1. The van der Waals surface area contributed by atoms with Crippen molar-refractivity contribution in [2.45, 2.75) is 43.9 Å². The van der Waals surface area contributed by atoms with Crippen LogP contribution in [-0.4, -0.2) is 17.3 Å². The van der Waals surface area contributed by atoms with Gasteiger partial charge in [-0.15, -0.1) is 5.73 Å². The van der Waals surface area contributed by atoms with Crippen LogP contribution in [0.3, 0.4) is 0 Å². The van der Waals surface area contributed by atoms with Crippen molar-refractivity contribution in [2.75, 3.05) is 17.3 Å². The van der Waals surface area contributed by atoms with Gasteiger partial charge in [0.15, 0.2) is 0 Å². The molecule has 0 spiro atoms. The maximum Gasteiger partial charge on any atom is 0.0667 e. The van der Waals surface area contributed by atoms with Crippen LogP contribution < -0.4 is 0 Å². The molecule has 0 saturated heterocycles. The van der Waals surface area contributed by atoms with E-state index < -0.39 is 0 Å². The number of thiol groups is 3. The summed E-state index contributed by atoms with van der Waals surface area (Å²) in [5.74, 6) is 15.9. The average Bonchev–Trinajstić information content (AvgIpc) is 3.45. The second kappa shape index (κ2) is 9.56. The molecule has 7 rings (SSSR count). The van der Waals surface area contributed by atoms with Crippen molar-refractivity contribution >= 4 is 37.9 Å². The Labute approximate surface area is 238 Å². The highest BCUT2D eigenvalue weighted by atomic mass is 32.1. The fourth-order valence-corrected chi connectivity index (χ4v) is 9.34. The molecular formula is C34H32S3. The Morgan fingerprint density at radius 1 is 0.595 bits per heavy atom. The second-order valence-corrected chi connectivity index (χ2v) is 13.0. The summed E-state index contributed by atoms with van der Waals surface area (Å²) in [5, 5.41) is 0. The highest BCUT2D eigenvalue weighted by molar-refractivity contribution is 7.80. The van der Waals surface area contributed by atoms with E-state index in [2.05, 4.69) is 53.7 Å². The fourth-order valence-electron chi connectivity index (χ4n) is 8.34. The summed E-state index contributed by atoms with van der Waals surface area (Å²) >= 11 is 14.7. The molecule has 4 saturated carbocycles. The van der Waals surface area contributed by atoms with Crippen molar-refractivity contribution in [3.63, 3.8) is 0 Å². The molecular weight excluding hydrogens is 505 g/mol. The van der Waals surface area contributed by atoms with E-state index in [0.29, 0.717) is 16.2 Å². The van der Waals surface area contributed by atoms with Gasteiger partial charge in [-0.3, -0.25) is 0 Å². The van der Waals surface area contributed by atoms with Crippen LogP contribution in [0.5, 0.6) is 0 Å². The quantitative estimate of drug-likeness (QED) is 0.202. The molecule has 5 aliphatic rings. The summed E-state index contributed by atoms with van der Waals surface area (Å²) in [7, 11) is 0. The third kappa shape index (κ3) is 4.67. The summed E-state index contributed by atoms with van der Waals surface area (Å²) in [6, 6.07) is 17.3. The number of benzene rings is 2. The molecule has 4 bridgehead atoms. The third-order valence-corrected chi connectivity index (χ3v) is 11.1. The van der Waals surface area contributed by atoms with E-state index in [9.17, 15) is 0 Å². The van der Waals surface area contributed by atoms with Crippen LogP contribution in [-0.2, 0) is 5.41 Å². The SMILES string of the molecule is SCC12CC3(CS)CC(CS)(C1)CC(c1ccc(C#Cc4ccc(C#CC5=C=CC=C5)cc4)cc1)(C2)C3. The first-order valence-electron chi connectivity index (χ1n) is 13.1. The van der Waals surface area contributed by atoms with Gasteiger partial charge in [-0.25, -0.2) is 0 Å². The molecule has 2 aromatic carbocycles. The van der Waals surface area contributed by atoms with E-state index in [1.54, 1.807) is 0 Å². The summed E-state index contributed by atoms with van der Waals surface area (Å²) in [5.41, 5.74) is 9.71. The highest BCUT2D eigenvalue weighted by Gasteiger charge is 2.67. The number of hydrogen-bond acceptors (Lipinski definition) is 3. The van der Waals surface area contributed by atoms with E-state index in [1.807, 2.05) is 42.5 Å². The van der Waals surface area contributed by atoms with Gasteiger partial charge in [0.05, 0.1) is 5.57 Å². The van der Waals surface area contributed by atoms with E-state index in [1.165, 1.54) is 44.1 Å². The maximum absolute atomic E-state index is 4.90. The zero-order valence-electron chi connectivity index (χ0n) is 21.1. The molecule has 0 atom stereocenters. The molecule has 0 heterocycles. The molecule has 3 heteroatoms. The predicted molar refractivity (Wildman–Crippen MR) is 165 cm³/mol. The van der Waals surface area contributed by atoms with E-state index in [0.717, 1.165) is 39.5 Å². The molecule has 37 heavy (non-hydrogen) atoms. The van der Waals surface area contributed by atoms with Crippen molar-refractivity contribution in [2.24, 2.45) is 16.2 Å². The van der Waals surface area contributed by atoms with Gasteiger partial charge in [0, 0.05) is 16.7 Å². The Morgan fingerprint density at radius 3 is 1.43 bits per heavy atom. The first-order valence-corrected chi connectivity index (χ1v) is 15.0. The molecule has 0 amide bonds. The minimum atomic E-state index is 0.214. The molecule has 0 nitrogen and oxygen atoms in total. The van der Waals surface area contributed by atoms with Crippen LogP contribution in [0, 0.1) is 39.9 Å². The minimum Gasteiger partial charge on any atom is -0.179 e. The number of rotatable bonds is 4. The lowest BCUT2D eigenvalue weighted by molar-refractivity contribution is -0.145. The zero-order valence-corrected chi connectivity index (χ0v) is 23.7. The van der Waals surface area contributed by atoms with Crippen molar-refractivity contribution in [3.05, 3.63) is 100 Å².